The zero-order valence-electron chi connectivity index (χ0n) is 15.6. The van der Waals surface area contributed by atoms with Gasteiger partial charge in [0.15, 0.2) is 0 Å². The first-order valence-corrected chi connectivity index (χ1v) is 8.90. The van der Waals surface area contributed by atoms with Gasteiger partial charge in [-0.2, -0.15) is 0 Å². The number of anilines is 2. The van der Waals surface area contributed by atoms with Crippen LogP contribution in [0.4, 0.5) is 16.3 Å². The molecule has 4 N–H and O–H groups in total. The quantitative estimate of drug-likeness (QED) is 0.756. The molecular weight excluding hydrogens is 346 g/mol. The van der Waals surface area contributed by atoms with E-state index in [1.54, 1.807) is 7.11 Å². The van der Waals surface area contributed by atoms with Gasteiger partial charge in [-0.25, -0.2) is 14.8 Å². The summed E-state index contributed by atoms with van der Waals surface area (Å²) in [5.41, 5.74) is 10.8. The van der Waals surface area contributed by atoms with Crippen molar-refractivity contribution in [1.82, 2.24) is 15.3 Å². The molecule has 2 aliphatic rings. The summed E-state index contributed by atoms with van der Waals surface area (Å²) >= 11 is 0. The molecule has 1 fully saturated rings. The van der Waals surface area contributed by atoms with Crippen molar-refractivity contribution in [3.63, 3.8) is 0 Å². The topological polar surface area (TPSA) is 111 Å². The van der Waals surface area contributed by atoms with Crippen LogP contribution >= 0.6 is 0 Å². The fourth-order valence-corrected chi connectivity index (χ4v) is 3.96. The summed E-state index contributed by atoms with van der Waals surface area (Å²) in [6, 6.07) is 3.93. The Labute approximate surface area is 157 Å². The van der Waals surface area contributed by atoms with E-state index in [0.717, 1.165) is 40.2 Å². The highest BCUT2D eigenvalue weighted by atomic mass is 16.6. The standard InChI is InChI=1S/C19H23N5O3/c1-19(2)6-12-11(16-14(19)17(20)24-9-23-16)4-5-13(26-3)15(12)21-7-10-8-22-18(25)27-10/h4-5,9-10,21H,6-8H2,1-3H3,(H,22,25)(H2,20,23,24)/t10-/m1/s1. The zero-order valence-corrected chi connectivity index (χ0v) is 15.6. The lowest BCUT2D eigenvalue weighted by atomic mass is 9.71. The number of ether oxygens (including phenoxy) is 2. The molecule has 8 nitrogen and oxygen atoms in total. The summed E-state index contributed by atoms with van der Waals surface area (Å²) in [4.78, 5) is 20.0. The van der Waals surface area contributed by atoms with E-state index in [2.05, 4.69) is 34.4 Å². The van der Waals surface area contributed by atoms with E-state index in [4.69, 9.17) is 15.2 Å². The minimum Gasteiger partial charge on any atom is -0.495 e. The lowest BCUT2D eigenvalue weighted by Gasteiger charge is -2.35. The third-order valence-corrected chi connectivity index (χ3v) is 5.18. The number of amides is 1. The number of fused-ring (bicyclic) bond motifs is 3. The summed E-state index contributed by atoms with van der Waals surface area (Å²) in [6.07, 6.45) is 1.65. The number of hydrogen-bond acceptors (Lipinski definition) is 7. The van der Waals surface area contributed by atoms with Gasteiger partial charge < -0.3 is 25.8 Å². The van der Waals surface area contributed by atoms with Crippen molar-refractivity contribution in [3.8, 4) is 17.0 Å². The molecule has 2 heterocycles. The minimum absolute atomic E-state index is 0.222. The molecular formula is C19H23N5O3. The Morgan fingerprint density at radius 1 is 1.41 bits per heavy atom. The average molecular weight is 369 g/mol. The van der Waals surface area contributed by atoms with Crippen LogP contribution in [0, 0.1) is 0 Å². The van der Waals surface area contributed by atoms with Crippen LogP contribution in [0.25, 0.3) is 11.3 Å². The number of hydrogen-bond donors (Lipinski definition) is 3. The average Bonchev–Trinajstić information content (AvgIpc) is 3.04. The monoisotopic (exact) mass is 369 g/mol. The van der Waals surface area contributed by atoms with Crippen molar-refractivity contribution >= 4 is 17.6 Å². The van der Waals surface area contributed by atoms with Crippen LogP contribution in [0.5, 0.6) is 5.75 Å². The maximum atomic E-state index is 11.3. The number of aromatic nitrogens is 2. The Morgan fingerprint density at radius 2 is 2.22 bits per heavy atom. The van der Waals surface area contributed by atoms with Crippen LogP contribution in [0.1, 0.15) is 25.0 Å². The molecule has 2 aromatic rings. The van der Waals surface area contributed by atoms with E-state index >= 15 is 0 Å². The van der Waals surface area contributed by atoms with Gasteiger partial charge in [0.25, 0.3) is 0 Å². The van der Waals surface area contributed by atoms with Gasteiger partial charge in [0.2, 0.25) is 0 Å². The van der Waals surface area contributed by atoms with Gasteiger partial charge in [0.1, 0.15) is 24.0 Å². The third kappa shape index (κ3) is 2.90. The molecule has 1 aliphatic heterocycles. The summed E-state index contributed by atoms with van der Waals surface area (Å²) in [7, 11) is 1.64. The number of nitrogens with zero attached hydrogens (tertiary/aromatic N) is 2. The SMILES string of the molecule is COc1ccc2c(c1NC[C@@H]1CNC(=O)O1)CC(C)(C)c1c(N)ncnc1-2. The number of benzene rings is 1. The van der Waals surface area contributed by atoms with Gasteiger partial charge in [0.05, 0.1) is 31.6 Å². The molecule has 1 saturated heterocycles. The normalized spacial score (nSPS) is 19.5. The van der Waals surface area contributed by atoms with Gasteiger partial charge >= 0.3 is 6.09 Å². The van der Waals surface area contributed by atoms with Crippen LogP contribution in [-0.4, -0.2) is 42.4 Å². The molecule has 0 spiro atoms. The molecule has 0 radical (unpaired) electrons. The largest absolute Gasteiger partial charge is 0.495 e. The number of rotatable bonds is 4. The van der Waals surface area contributed by atoms with E-state index in [9.17, 15) is 4.79 Å². The number of nitrogen functional groups attached to an aromatic ring is 1. The maximum absolute atomic E-state index is 11.3. The number of cyclic esters (lactones) is 1. The molecule has 0 bridgehead atoms. The first kappa shape index (κ1) is 17.4. The zero-order chi connectivity index (χ0) is 19.2. The molecule has 27 heavy (non-hydrogen) atoms. The minimum atomic E-state index is -0.383. The Morgan fingerprint density at radius 3 is 2.93 bits per heavy atom. The van der Waals surface area contributed by atoms with E-state index in [0.29, 0.717) is 18.9 Å². The van der Waals surface area contributed by atoms with E-state index in [1.807, 2.05) is 12.1 Å². The Bertz CT molecular complexity index is 912. The predicted octanol–water partition coefficient (Wildman–Crippen LogP) is 2.09. The number of alkyl carbamates (subject to hydrolysis) is 1. The highest BCUT2D eigenvalue weighted by Gasteiger charge is 2.36. The van der Waals surface area contributed by atoms with Crippen LogP contribution in [-0.2, 0) is 16.6 Å². The highest BCUT2D eigenvalue weighted by molar-refractivity contribution is 5.82. The van der Waals surface area contributed by atoms with Crippen molar-refractivity contribution in [1.29, 1.82) is 0 Å². The van der Waals surface area contributed by atoms with Gasteiger partial charge in [0, 0.05) is 11.1 Å². The van der Waals surface area contributed by atoms with E-state index < -0.39 is 0 Å². The molecule has 8 heteroatoms. The van der Waals surface area contributed by atoms with Crippen LogP contribution in [0.2, 0.25) is 0 Å². The molecule has 1 aromatic heterocycles. The second kappa shape index (κ2) is 6.29. The third-order valence-electron chi connectivity index (χ3n) is 5.18. The molecule has 142 valence electrons. The van der Waals surface area contributed by atoms with Crippen LogP contribution in [0.15, 0.2) is 18.5 Å². The summed E-state index contributed by atoms with van der Waals surface area (Å²) in [5.74, 6) is 1.26. The van der Waals surface area contributed by atoms with Crippen molar-refractivity contribution in [2.24, 2.45) is 0 Å². The number of nitrogens with one attached hydrogen (secondary N) is 2. The molecule has 1 atom stereocenters. The number of nitrogens with two attached hydrogens (primary N) is 1. The summed E-state index contributed by atoms with van der Waals surface area (Å²) < 4.78 is 10.8. The van der Waals surface area contributed by atoms with Gasteiger partial charge in [-0.3, -0.25) is 0 Å². The first-order valence-electron chi connectivity index (χ1n) is 8.90. The molecule has 1 aliphatic carbocycles. The van der Waals surface area contributed by atoms with Crippen molar-refractivity contribution in [2.45, 2.75) is 31.8 Å². The molecule has 4 rings (SSSR count). The van der Waals surface area contributed by atoms with Gasteiger partial charge in [-0.15, -0.1) is 0 Å². The van der Waals surface area contributed by atoms with Gasteiger partial charge in [-0.05, 0) is 29.5 Å². The summed E-state index contributed by atoms with van der Waals surface area (Å²) in [5, 5.41) is 6.09. The Kier molecular flexibility index (Phi) is 4.05. The lowest BCUT2D eigenvalue weighted by molar-refractivity contribution is 0.145. The van der Waals surface area contributed by atoms with Crippen molar-refractivity contribution < 1.29 is 14.3 Å². The first-order chi connectivity index (χ1) is 12.9. The highest BCUT2D eigenvalue weighted by Crippen LogP contribution is 2.48. The Balaban J connectivity index is 1.77. The number of methoxy groups -OCH3 is 1. The molecule has 0 saturated carbocycles. The fraction of sp³-hybridized carbons (Fsp3) is 0.421. The lowest BCUT2D eigenvalue weighted by Crippen LogP contribution is -2.30. The molecule has 1 aromatic carbocycles. The van der Waals surface area contributed by atoms with Crippen molar-refractivity contribution in [3.05, 3.63) is 29.6 Å². The van der Waals surface area contributed by atoms with E-state index in [1.165, 1.54) is 6.33 Å². The molecule has 0 unspecified atom stereocenters. The fourth-order valence-electron chi connectivity index (χ4n) is 3.96. The number of carbonyl (C=O) groups excluding carboxylic acids is 1. The van der Waals surface area contributed by atoms with Crippen LogP contribution in [0.3, 0.4) is 0 Å². The van der Waals surface area contributed by atoms with Gasteiger partial charge in [-0.1, -0.05) is 13.8 Å². The second-order valence-electron chi connectivity index (χ2n) is 7.50. The Hall–Kier alpha value is -3.03. The second-order valence-corrected chi connectivity index (χ2v) is 7.50. The van der Waals surface area contributed by atoms with Crippen molar-refractivity contribution in [2.75, 3.05) is 31.2 Å². The molecule has 1 amide bonds. The smallest absolute Gasteiger partial charge is 0.407 e. The van der Waals surface area contributed by atoms with E-state index in [-0.39, 0.29) is 17.6 Å². The van der Waals surface area contributed by atoms with Crippen LogP contribution < -0.4 is 21.1 Å². The maximum Gasteiger partial charge on any atom is 0.407 e. The summed E-state index contributed by atoms with van der Waals surface area (Å²) in [6.45, 7) is 5.26. The predicted molar refractivity (Wildman–Crippen MR) is 102 cm³/mol. The number of carbonyl (C=O) groups is 1.